The van der Waals surface area contributed by atoms with Gasteiger partial charge in [-0.2, -0.15) is 11.8 Å². The van der Waals surface area contributed by atoms with Crippen molar-refractivity contribution in [1.82, 2.24) is 15.0 Å². The zero-order chi connectivity index (χ0) is 13.8. The Labute approximate surface area is 119 Å². The van der Waals surface area contributed by atoms with Gasteiger partial charge in [0.25, 0.3) is 0 Å². The van der Waals surface area contributed by atoms with E-state index in [1.165, 1.54) is 0 Å². The molecule has 19 heavy (non-hydrogen) atoms. The van der Waals surface area contributed by atoms with E-state index < -0.39 is 5.97 Å². The summed E-state index contributed by atoms with van der Waals surface area (Å²) in [5.41, 5.74) is 1.22. The number of carboxylic acids is 1. The molecule has 1 aromatic carbocycles. The van der Waals surface area contributed by atoms with Crippen molar-refractivity contribution in [1.29, 1.82) is 0 Å². The first kappa shape index (κ1) is 13.9. The highest BCUT2D eigenvalue weighted by Gasteiger charge is 2.20. The lowest BCUT2D eigenvalue weighted by molar-refractivity contribution is 0.0691. The second-order valence-corrected chi connectivity index (χ2v) is 5.24. The molecule has 0 radical (unpaired) electrons. The number of thioether (sulfide) groups is 1. The first-order valence-corrected chi connectivity index (χ1v) is 7.32. The van der Waals surface area contributed by atoms with Crippen LogP contribution < -0.4 is 0 Å². The highest BCUT2D eigenvalue weighted by atomic mass is 35.5. The number of carbonyl (C=O) groups is 1. The largest absolute Gasteiger partial charge is 0.476 e. The van der Waals surface area contributed by atoms with Crippen LogP contribution in [-0.2, 0) is 6.54 Å². The van der Waals surface area contributed by atoms with Gasteiger partial charge < -0.3 is 5.11 Å². The molecule has 0 saturated heterocycles. The first-order chi connectivity index (χ1) is 9.13. The highest BCUT2D eigenvalue weighted by molar-refractivity contribution is 7.98. The molecule has 0 atom stereocenters. The molecule has 0 aliphatic rings. The summed E-state index contributed by atoms with van der Waals surface area (Å²) < 4.78 is 1.61. The van der Waals surface area contributed by atoms with Crippen molar-refractivity contribution in [2.45, 2.75) is 6.54 Å². The number of hydrogen-bond donors (Lipinski definition) is 1. The highest BCUT2D eigenvalue weighted by Crippen LogP contribution is 2.24. The van der Waals surface area contributed by atoms with Gasteiger partial charge in [-0.05, 0) is 18.4 Å². The number of carboxylic acid groups (broad SMARTS) is 1. The van der Waals surface area contributed by atoms with Gasteiger partial charge in [-0.3, -0.25) is 0 Å². The number of halogens is 1. The van der Waals surface area contributed by atoms with Crippen molar-refractivity contribution in [3.63, 3.8) is 0 Å². The quantitative estimate of drug-likeness (QED) is 0.919. The standard InChI is InChI=1S/C12H12ClN3O2S/c1-19-7-6-16-11(10(12(17)18)14-15-16)8-2-4-9(13)5-3-8/h2-5H,6-7H2,1H3,(H,17,18). The summed E-state index contributed by atoms with van der Waals surface area (Å²) in [6.07, 6.45) is 1.98. The van der Waals surface area contributed by atoms with Crippen LogP contribution in [-0.4, -0.2) is 38.1 Å². The third kappa shape index (κ3) is 3.08. The fourth-order valence-corrected chi connectivity index (χ4v) is 2.17. The Morgan fingerprint density at radius 2 is 2.11 bits per heavy atom. The van der Waals surface area contributed by atoms with Crippen molar-refractivity contribution >= 4 is 29.3 Å². The minimum Gasteiger partial charge on any atom is -0.476 e. The zero-order valence-corrected chi connectivity index (χ0v) is 11.8. The summed E-state index contributed by atoms with van der Waals surface area (Å²) >= 11 is 7.50. The molecule has 100 valence electrons. The molecule has 0 saturated carbocycles. The van der Waals surface area contributed by atoms with Crippen molar-refractivity contribution in [3.05, 3.63) is 35.0 Å². The van der Waals surface area contributed by atoms with Gasteiger partial charge in [0, 0.05) is 16.3 Å². The summed E-state index contributed by atoms with van der Waals surface area (Å²) in [5.74, 6) is -0.247. The van der Waals surface area contributed by atoms with E-state index in [9.17, 15) is 9.90 Å². The van der Waals surface area contributed by atoms with Crippen LogP contribution in [0.2, 0.25) is 5.02 Å². The molecule has 7 heteroatoms. The Balaban J connectivity index is 2.47. The lowest BCUT2D eigenvalue weighted by Crippen LogP contribution is -2.06. The van der Waals surface area contributed by atoms with Crippen molar-refractivity contribution in [3.8, 4) is 11.3 Å². The predicted octanol–water partition coefficient (Wildman–Crippen LogP) is 2.66. The molecular weight excluding hydrogens is 286 g/mol. The molecule has 1 aromatic heterocycles. The fourth-order valence-electron chi connectivity index (χ4n) is 1.68. The molecule has 0 aliphatic carbocycles. The number of aryl methyl sites for hydroxylation is 1. The van der Waals surface area contributed by atoms with E-state index in [1.54, 1.807) is 40.7 Å². The summed E-state index contributed by atoms with van der Waals surface area (Å²) in [6, 6.07) is 6.97. The molecule has 0 aliphatic heterocycles. The maximum atomic E-state index is 11.2. The third-order valence-corrected chi connectivity index (χ3v) is 3.41. The molecule has 0 amide bonds. The lowest BCUT2D eigenvalue weighted by Gasteiger charge is -2.06. The Hall–Kier alpha value is -1.53. The van der Waals surface area contributed by atoms with E-state index >= 15 is 0 Å². The Kier molecular flexibility index (Phi) is 4.44. The Morgan fingerprint density at radius 1 is 1.42 bits per heavy atom. The maximum Gasteiger partial charge on any atom is 0.358 e. The fraction of sp³-hybridized carbons (Fsp3) is 0.250. The van der Waals surface area contributed by atoms with E-state index in [1.807, 2.05) is 6.26 Å². The van der Waals surface area contributed by atoms with Crippen molar-refractivity contribution < 1.29 is 9.90 Å². The van der Waals surface area contributed by atoms with Gasteiger partial charge in [-0.15, -0.1) is 5.10 Å². The number of hydrogen-bond acceptors (Lipinski definition) is 4. The predicted molar refractivity (Wildman–Crippen MR) is 75.8 cm³/mol. The van der Waals surface area contributed by atoms with Gasteiger partial charge >= 0.3 is 5.97 Å². The average Bonchev–Trinajstić information content (AvgIpc) is 2.81. The molecule has 0 spiro atoms. The Bertz CT molecular complexity index is 583. The van der Waals surface area contributed by atoms with Crippen LogP contribution >= 0.6 is 23.4 Å². The van der Waals surface area contributed by atoms with Gasteiger partial charge in [-0.1, -0.05) is 28.9 Å². The van der Waals surface area contributed by atoms with Gasteiger partial charge in [0.2, 0.25) is 0 Å². The number of benzene rings is 1. The number of aromatic carboxylic acids is 1. The number of aromatic nitrogens is 3. The van der Waals surface area contributed by atoms with Crippen LogP contribution in [0.1, 0.15) is 10.5 Å². The summed E-state index contributed by atoms with van der Waals surface area (Å²) in [7, 11) is 0. The van der Waals surface area contributed by atoms with Gasteiger partial charge in [0.1, 0.15) is 5.69 Å². The molecular formula is C12H12ClN3O2S. The second kappa shape index (κ2) is 6.08. The first-order valence-electron chi connectivity index (χ1n) is 5.55. The summed E-state index contributed by atoms with van der Waals surface area (Å²) in [6.45, 7) is 0.611. The lowest BCUT2D eigenvalue weighted by atomic mass is 10.1. The second-order valence-electron chi connectivity index (χ2n) is 3.81. The SMILES string of the molecule is CSCCn1nnc(C(=O)O)c1-c1ccc(Cl)cc1. The average molecular weight is 298 g/mol. The van der Waals surface area contributed by atoms with Crippen molar-refractivity contribution in [2.75, 3.05) is 12.0 Å². The van der Waals surface area contributed by atoms with Gasteiger partial charge in [0.15, 0.2) is 5.69 Å². The van der Waals surface area contributed by atoms with E-state index in [4.69, 9.17) is 11.6 Å². The van der Waals surface area contributed by atoms with Crippen LogP contribution in [0.25, 0.3) is 11.3 Å². The molecule has 1 heterocycles. The van der Waals surface area contributed by atoms with Crippen LogP contribution in [0.5, 0.6) is 0 Å². The van der Waals surface area contributed by atoms with Gasteiger partial charge in [0.05, 0.1) is 6.54 Å². The van der Waals surface area contributed by atoms with Gasteiger partial charge in [-0.25, -0.2) is 9.48 Å². The van der Waals surface area contributed by atoms with E-state index in [-0.39, 0.29) is 5.69 Å². The molecule has 0 bridgehead atoms. The van der Waals surface area contributed by atoms with E-state index in [0.29, 0.717) is 17.3 Å². The van der Waals surface area contributed by atoms with Crippen LogP contribution in [0.4, 0.5) is 0 Å². The van der Waals surface area contributed by atoms with Crippen molar-refractivity contribution in [2.24, 2.45) is 0 Å². The summed E-state index contributed by atoms with van der Waals surface area (Å²) in [5, 5.41) is 17.4. The normalized spacial score (nSPS) is 10.6. The maximum absolute atomic E-state index is 11.2. The van der Waals surface area contributed by atoms with Crippen LogP contribution in [0.15, 0.2) is 24.3 Å². The van der Waals surface area contributed by atoms with E-state index in [2.05, 4.69) is 10.3 Å². The molecule has 2 rings (SSSR count). The topological polar surface area (TPSA) is 68.0 Å². The minimum absolute atomic E-state index is 0.0385. The third-order valence-electron chi connectivity index (χ3n) is 2.56. The molecule has 1 N–H and O–H groups in total. The zero-order valence-electron chi connectivity index (χ0n) is 10.2. The minimum atomic E-state index is -1.08. The summed E-state index contributed by atoms with van der Waals surface area (Å²) in [4.78, 5) is 11.2. The smallest absolute Gasteiger partial charge is 0.358 e. The molecule has 2 aromatic rings. The number of rotatable bonds is 5. The number of nitrogens with zero attached hydrogens (tertiary/aromatic N) is 3. The molecule has 0 unspecified atom stereocenters. The Morgan fingerprint density at radius 3 is 2.68 bits per heavy atom. The monoisotopic (exact) mass is 297 g/mol. The van der Waals surface area contributed by atoms with Crippen LogP contribution in [0, 0.1) is 0 Å². The molecule has 0 fully saturated rings. The molecule has 5 nitrogen and oxygen atoms in total. The van der Waals surface area contributed by atoms with Crippen LogP contribution in [0.3, 0.4) is 0 Å². The van der Waals surface area contributed by atoms with E-state index in [0.717, 1.165) is 11.3 Å².